The quantitative estimate of drug-likeness (QED) is 0.385. The number of likely N-dealkylation sites (tertiary alicyclic amines) is 1. The van der Waals surface area contributed by atoms with E-state index in [1.165, 1.54) is 12.1 Å². The van der Waals surface area contributed by atoms with E-state index in [0.29, 0.717) is 11.6 Å². The second-order valence-corrected chi connectivity index (χ2v) is 6.79. The molecule has 0 atom stereocenters. The Balaban J connectivity index is 2.03. The Labute approximate surface area is 133 Å². The highest BCUT2D eigenvalue weighted by Gasteiger charge is 2.38. The van der Waals surface area contributed by atoms with Gasteiger partial charge in [-0.25, -0.2) is 4.39 Å². The summed E-state index contributed by atoms with van der Waals surface area (Å²) >= 11 is 7.71. The van der Waals surface area contributed by atoms with Crippen molar-refractivity contribution in [3.63, 3.8) is 0 Å². The van der Waals surface area contributed by atoms with E-state index in [0.717, 1.165) is 31.5 Å². The summed E-state index contributed by atoms with van der Waals surface area (Å²) in [5.74, 6) is -0.0000313. The minimum Gasteiger partial charge on any atom is -0.409 e. The molecular weight excluding hydrogens is 313 g/mol. The number of rotatable bonds is 4. The maximum absolute atomic E-state index is 13.3. The molecule has 2 rings (SSSR count). The number of hydrogen-bond donors (Lipinski definition) is 2. The van der Waals surface area contributed by atoms with Gasteiger partial charge >= 0.3 is 0 Å². The smallest absolute Gasteiger partial charge is 0.155 e. The van der Waals surface area contributed by atoms with Gasteiger partial charge in [0.25, 0.3) is 0 Å². The summed E-state index contributed by atoms with van der Waals surface area (Å²) in [4.78, 5) is 2.21. The molecule has 21 heavy (non-hydrogen) atoms. The van der Waals surface area contributed by atoms with E-state index >= 15 is 0 Å². The molecule has 1 fully saturated rings. The lowest BCUT2D eigenvalue weighted by atomic mass is 9.94. The average Bonchev–Trinajstić information content (AvgIpc) is 2.51. The number of thioether (sulfide) groups is 1. The maximum atomic E-state index is 13.3. The molecule has 1 aromatic rings. The van der Waals surface area contributed by atoms with E-state index in [1.54, 1.807) is 17.8 Å². The highest BCUT2D eigenvalue weighted by atomic mass is 35.5. The van der Waals surface area contributed by atoms with Crippen molar-refractivity contribution in [1.82, 2.24) is 4.90 Å². The average molecular weight is 332 g/mol. The molecule has 0 aliphatic carbocycles. The van der Waals surface area contributed by atoms with E-state index < -0.39 is 0 Å². The zero-order chi connectivity index (χ0) is 15.5. The molecule has 4 nitrogen and oxygen atoms in total. The van der Waals surface area contributed by atoms with Crippen molar-refractivity contribution in [3.8, 4) is 0 Å². The van der Waals surface area contributed by atoms with E-state index in [9.17, 15) is 4.39 Å². The van der Waals surface area contributed by atoms with E-state index in [4.69, 9.17) is 22.5 Å². The van der Waals surface area contributed by atoms with Gasteiger partial charge in [-0.15, -0.1) is 0 Å². The van der Waals surface area contributed by atoms with Gasteiger partial charge in [0.15, 0.2) is 5.84 Å². The molecule has 7 heteroatoms. The Morgan fingerprint density at radius 3 is 2.76 bits per heavy atom. The summed E-state index contributed by atoms with van der Waals surface area (Å²) in [6, 6.07) is 4.42. The summed E-state index contributed by atoms with van der Waals surface area (Å²) in [6.45, 7) is 2.20. The lowest BCUT2D eigenvalue weighted by molar-refractivity contribution is 0.209. The second-order valence-electron chi connectivity index (χ2n) is 5.20. The van der Waals surface area contributed by atoms with Crippen molar-refractivity contribution in [3.05, 3.63) is 34.6 Å². The molecule has 0 amide bonds. The Kier molecular flexibility index (Phi) is 5.35. The predicted octanol–water partition coefficient (Wildman–Crippen LogP) is 2.92. The first kappa shape index (κ1) is 16.4. The topological polar surface area (TPSA) is 61.9 Å². The van der Waals surface area contributed by atoms with Crippen LogP contribution in [0.1, 0.15) is 18.4 Å². The van der Waals surface area contributed by atoms with Crippen LogP contribution in [0.5, 0.6) is 0 Å². The van der Waals surface area contributed by atoms with Crippen molar-refractivity contribution >= 4 is 29.2 Å². The fourth-order valence-electron chi connectivity index (χ4n) is 2.63. The number of nitrogens with two attached hydrogens (primary N) is 1. The molecule has 1 heterocycles. The molecule has 1 aliphatic rings. The summed E-state index contributed by atoms with van der Waals surface area (Å²) in [5.41, 5.74) is 6.61. The number of benzene rings is 1. The van der Waals surface area contributed by atoms with Crippen LogP contribution in [0, 0.1) is 5.82 Å². The van der Waals surface area contributed by atoms with E-state index in [1.807, 2.05) is 6.26 Å². The van der Waals surface area contributed by atoms with Crippen LogP contribution >= 0.6 is 23.4 Å². The highest BCUT2D eigenvalue weighted by molar-refractivity contribution is 8.00. The van der Waals surface area contributed by atoms with Gasteiger partial charge in [-0.3, -0.25) is 4.90 Å². The van der Waals surface area contributed by atoms with Crippen LogP contribution < -0.4 is 5.73 Å². The van der Waals surface area contributed by atoms with Crippen molar-refractivity contribution in [2.24, 2.45) is 10.9 Å². The van der Waals surface area contributed by atoms with Gasteiger partial charge in [-0.1, -0.05) is 16.8 Å². The minimum atomic E-state index is -0.309. The largest absolute Gasteiger partial charge is 0.409 e. The molecule has 0 aromatic heterocycles. The van der Waals surface area contributed by atoms with Crippen molar-refractivity contribution in [2.75, 3.05) is 19.3 Å². The van der Waals surface area contributed by atoms with Gasteiger partial charge in [0.05, 0.1) is 4.75 Å². The third-order valence-corrected chi connectivity index (χ3v) is 5.80. The normalized spacial score (nSPS) is 19.7. The van der Waals surface area contributed by atoms with Gasteiger partial charge < -0.3 is 10.9 Å². The number of amidine groups is 1. The lowest BCUT2D eigenvalue weighted by Gasteiger charge is -2.39. The lowest BCUT2D eigenvalue weighted by Crippen LogP contribution is -2.49. The molecule has 0 saturated carbocycles. The molecule has 1 aliphatic heterocycles. The summed E-state index contributed by atoms with van der Waals surface area (Å²) in [7, 11) is 0. The maximum Gasteiger partial charge on any atom is 0.155 e. The number of hydrogen-bond acceptors (Lipinski definition) is 4. The molecule has 116 valence electrons. The molecule has 0 radical (unpaired) electrons. The van der Waals surface area contributed by atoms with Crippen LogP contribution in [-0.4, -0.2) is 40.0 Å². The van der Waals surface area contributed by atoms with E-state index in [-0.39, 0.29) is 16.4 Å². The molecule has 0 spiro atoms. The molecule has 1 aromatic carbocycles. The summed E-state index contributed by atoms with van der Waals surface area (Å²) < 4.78 is 13.0. The van der Waals surface area contributed by atoms with Crippen molar-refractivity contribution in [2.45, 2.75) is 24.1 Å². The fraction of sp³-hybridized carbons (Fsp3) is 0.500. The third-order valence-electron chi connectivity index (χ3n) is 4.03. The first-order valence-corrected chi connectivity index (χ1v) is 8.30. The number of oxime groups is 1. The van der Waals surface area contributed by atoms with Crippen molar-refractivity contribution in [1.29, 1.82) is 0 Å². The number of piperidine rings is 1. The van der Waals surface area contributed by atoms with Crippen LogP contribution in [-0.2, 0) is 6.54 Å². The Morgan fingerprint density at radius 1 is 1.52 bits per heavy atom. The highest BCUT2D eigenvalue weighted by Crippen LogP contribution is 2.35. The van der Waals surface area contributed by atoms with Crippen LogP contribution in [0.2, 0.25) is 5.02 Å². The Morgan fingerprint density at radius 2 is 2.19 bits per heavy atom. The zero-order valence-electron chi connectivity index (χ0n) is 11.9. The first-order valence-electron chi connectivity index (χ1n) is 6.70. The molecule has 0 unspecified atom stereocenters. The van der Waals surface area contributed by atoms with Gasteiger partial charge in [0.2, 0.25) is 0 Å². The van der Waals surface area contributed by atoms with Crippen LogP contribution in [0.4, 0.5) is 4.39 Å². The Hall–Kier alpha value is -0.980. The van der Waals surface area contributed by atoms with Gasteiger partial charge in [0, 0.05) is 24.7 Å². The van der Waals surface area contributed by atoms with Crippen LogP contribution in [0.25, 0.3) is 0 Å². The zero-order valence-corrected chi connectivity index (χ0v) is 13.4. The van der Waals surface area contributed by atoms with Gasteiger partial charge in [-0.05, 0) is 42.9 Å². The molecule has 0 bridgehead atoms. The summed E-state index contributed by atoms with van der Waals surface area (Å²) in [6.07, 6.45) is 3.55. The molecule has 1 saturated heterocycles. The Bertz CT molecular complexity index is 533. The standard InChI is InChI=1S/C14H19ClFN3OS/c1-21-14(13(17)18-20)4-6-19(7-5-14)9-10-8-11(16)2-3-12(10)15/h2-3,8,20H,4-7,9H2,1H3,(H2,17,18). The van der Waals surface area contributed by atoms with Crippen LogP contribution in [0.3, 0.4) is 0 Å². The fourth-order valence-corrected chi connectivity index (χ4v) is 3.65. The SMILES string of the molecule is CSC1(/C(N)=N/O)CCN(Cc2cc(F)ccc2Cl)CC1. The minimum absolute atomic E-state index is 0.276. The van der Waals surface area contributed by atoms with E-state index in [2.05, 4.69) is 10.1 Å². The summed E-state index contributed by atoms with van der Waals surface area (Å²) in [5, 5.41) is 12.7. The van der Waals surface area contributed by atoms with Crippen LogP contribution in [0.15, 0.2) is 23.4 Å². The monoisotopic (exact) mass is 331 g/mol. The first-order chi connectivity index (χ1) is 10.0. The second kappa shape index (κ2) is 6.85. The predicted molar refractivity (Wildman–Crippen MR) is 85.6 cm³/mol. The van der Waals surface area contributed by atoms with Gasteiger partial charge in [0.1, 0.15) is 5.82 Å². The van der Waals surface area contributed by atoms with Crippen molar-refractivity contribution < 1.29 is 9.60 Å². The molecule has 3 N–H and O–H groups in total. The van der Waals surface area contributed by atoms with Gasteiger partial charge in [-0.2, -0.15) is 11.8 Å². The third kappa shape index (κ3) is 3.62. The number of nitrogens with zero attached hydrogens (tertiary/aromatic N) is 2. The number of halogens is 2. The molecular formula is C14H19ClFN3OS.